The molecule has 0 amide bonds. The van der Waals surface area contributed by atoms with Crippen molar-refractivity contribution in [2.45, 2.75) is 44.8 Å². The third kappa shape index (κ3) is 3.90. The molecule has 6 heteroatoms. The summed E-state index contributed by atoms with van der Waals surface area (Å²) in [7, 11) is 2.16. The molecule has 0 bridgehead atoms. The highest BCUT2D eigenvalue weighted by molar-refractivity contribution is 6.15. The second kappa shape index (κ2) is 6.76. The van der Waals surface area contributed by atoms with Crippen LogP contribution in [-0.4, -0.2) is 42.8 Å². The SMILES string of the molecule is CN1CCC(C)(c2ccc(NC=C3C(=O)OC(C)(C)OC3=O)cc2)CC1. The van der Waals surface area contributed by atoms with Crippen LogP contribution in [-0.2, 0) is 24.5 Å². The molecule has 0 atom stereocenters. The molecule has 140 valence electrons. The van der Waals surface area contributed by atoms with Crippen LogP contribution in [0.3, 0.4) is 0 Å². The highest BCUT2D eigenvalue weighted by Gasteiger charge is 2.39. The van der Waals surface area contributed by atoms with E-state index in [1.165, 1.54) is 25.6 Å². The van der Waals surface area contributed by atoms with Crippen molar-refractivity contribution in [3.05, 3.63) is 41.6 Å². The lowest BCUT2D eigenvalue weighted by Crippen LogP contribution is -2.42. The molecular formula is C20H26N2O4. The van der Waals surface area contributed by atoms with Crippen LogP contribution in [0.1, 0.15) is 39.2 Å². The predicted molar refractivity (Wildman–Crippen MR) is 98.5 cm³/mol. The molecule has 2 heterocycles. The van der Waals surface area contributed by atoms with Gasteiger partial charge in [0.2, 0.25) is 0 Å². The minimum absolute atomic E-state index is 0.143. The molecule has 0 unspecified atom stereocenters. The summed E-state index contributed by atoms with van der Waals surface area (Å²) in [6.45, 7) is 7.55. The molecule has 2 aliphatic heterocycles. The van der Waals surface area contributed by atoms with Gasteiger partial charge in [0.25, 0.3) is 5.79 Å². The molecule has 2 saturated heterocycles. The van der Waals surface area contributed by atoms with Crippen LogP contribution >= 0.6 is 0 Å². The first-order valence-corrected chi connectivity index (χ1v) is 8.91. The zero-order valence-electron chi connectivity index (χ0n) is 15.8. The number of nitrogens with one attached hydrogen (secondary N) is 1. The maximum atomic E-state index is 11.9. The first-order chi connectivity index (χ1) is 12.2. The van der Waals surface area contributed by atoms with Gasteiger partial charge in [-0.3, -0.25) is 0 Å². The number of hydrogen-bond donors (Lipinski definition) is 1. The van der Waals surface area contributed by atoms with Gasteiger partial charge in [0.1, 0.15) is 0 Å². The molecule has 6 nitrogen and oxygen atoms in total. The molecule has 2 fully saturated rings. The smallest absolute Gasteiger partial charge is 0.350 e. The van der Waals surface area contributed by atoms with Gasteiger partial charge in [0.05, 0.1) is 0 Å². The molecule has 0 saturated carbocycles. The fourth-order valence-electron chi connectivity index (χ4n) is 3.30. The van der Waals surface area contributed by atoms with Crippen LogP contribution in [0, 0.1) is 0 Å². The highest BCUT2D eigenvalue weighted by atomic mass is 16.7. The third-order valence-corrected chi connectivity index (χ3v) is 5.17. The van der Waals surface area contributed by atoms with Crippen molar-refractivity contribution in [3.8, 4) is 0 Å². The Hall–Kier alpha value is -2.34. The molecule has 3 rings (SSSR count). The van der Waals surface area contributed by atoms with Crippen molar-refractivity contribution >= 4 is 17.6 Å². The van der Waals surface area contributed by atoms with E-state index in [4.69, 9.17) is 9.47 Å². The van der Waals surface area contributed by atoms with Crippen molar-refractivity contribution in [1.82, 2.24) is 4.90 Å². The van der Waals surface area contributed by atoms with Crippen LogP contribution in [0.25, 0.3) is 0 Å². The Balaban J connectivity index is 1.68. The van der Waals surface area contributed by atoms with Crippen molar-refractivity contribution in [2.24, 2.45) is 0 Å². The minimum atomic E-state index is -1.23. The molecule has 0 spiro atoms. The Morgan fingerprint density at radius 2 is 1.54 bits per heavy atom. The van der Waals surface area contributed by atoms with Crippen LogP contribution in [0.4, 0.5) is 5.69 Å². The number of cyclic esters (lactones) is 2. The predicted octanol–water partition coefficient (Wildman–Crippen LogP) is 2.80. The molecule has 0 radical (unpaired) electrons. The lowest BCUT2D eigenvalue weighted by atomic mass is 9.74. The quantitative estimate of drug-likeness (QED) is 0.509. The summed E-state index contributed by atoms with van der Waals surface area (Å²) in [5, 5.41) is 2.98. The molecule has 0 aliphatic carbocycles. The summed E-state index contributed by atoms with van der Waals surface area (Å²) in [4.78, 5) is 26.2. The Bertz CT molecular complexity index is 707. The van der Waals surface area contributed by atoms with Crippen LogP contribution in [0.15, 0.2) is 36.0 Å². The number of piperidine rings is 1. The van der Waals surface area contributed by atoms with E-state index in [0.717, 1.165) is 31.6 Å². The first-order valence-electron chi connectivity index (χ1n) is 8.91. The molecule has 1 aromatic rings. The zero-order chi connectivity index (χ0) is 18.9. The largest absolute Gasteiger partial charge is 0.419 e. The van der Waals surface area contributed by atoms with Gasteiger partial charge >= 0.3 is 11.9 Å². The molecule has 26 heavy (non-hydrogen) atoms. The Morgan fingerprint density at radius 3 is 2.08 bits per heavy atom. The van der Waals surface area contributed by atoms with E-state index >= 15 is 0 Å². The van der Waals surface area contributed by atoms with Gasteiger partial charge in [0, 0.05) is 25.7 Å². The highest BCUT2D eigenvalue weighted by Crippen LogP contribution is 2.35. The zero-order valence-corrected chi connectivity index (χ0v) is 15.8. The van der Waals surface area contributed by atoms with E-state index in [0.29, 0.717) is 0 Å². The van der Waals surface area contributed by atoms with Crippen molar-refractivity contribution in [3.63, 3.8) is 0 Å². The van der Waals surface area contributed by atoms with Crippen LogP contribution < -0.4 is 5.32 Å². The van der Waals surface area contributed by atoms with Crippen molar-refractivity contribution in [2.75, 3.05) is 25.5 Å². The number of esters is 2. The Kier molecular flexibility index (Phi) is 4.80. The normalized spacial score (nSPS) is 22.4. The van der Waals surface area contributed by atoms with Gasteiger partial charge in [0.15, 0.2) is 5.57 Å². The number of carbonyl (C=O) groups is 2. The Morgan fingerprint density at radius 1 is 1.00 bits per heavy atom. The number of nitrogens with zero attached hydrogens (tertiary/aromatic N) is 1. The molecule has 1 N–H and O–H groups in total. The van der Waals surface area contributed by atoms with E-state index in [2.05, 4.69) is 36.3 Å². The molecule has 0 aromatic heterocycles. The summed E-state index contributed by atoms with van der Waals surface area (Å²) >= 11 is 0. The molecule has 1 aromatic carbocycles. The van der Waals surface area contributed by atoms with Gasteiger partial charge in [-0.25, -0.2) is 9.59 Å². The second-order valence-corrected chi connectivity index (χ2v) is 7.82. The number of hydrogen-bond acceptors (Lipinski definition) is 6. The summed E-state index contributed by atoms with van der Waals surface area (Å²) in [5.74, 6) is -2.60. The van der Waals surface area contributed by atoms with E-state index in [1.807, 2.05) is 12.1 Å². The summed E-state index contributed by atoms with van der Waals surface area (Å²) in [5.41, 5.74) is 2.15. The van der Waals surface area contributed by atoms with Gasteiger partial charge < -0.3 is 19.7 Å². The monoisotopic (exact) mass is 358 g/mol. The number of benzene rings is 1. The number of carbonyl (C=O) groups excluding carboxylic acids is 2. The van der Waals surface area contributed by atoms with Gasteiger partial charge in [-0.2, -0.15) is 0 Å². The van der Waals surface area contributed by atoms with Gasteiger partial charge in [-0.05, 0) is 56.1 Å². The lowest BCUT2D eigenvalue weighted by Gasteiger charge is -2.38. The summed E-state index contributed by atoms with van der Waals surface area (Å²) < 4.78 is 10.1. The maximum Gasteiger partial charge on any atom is 0.350 e. The topological polar surface area (TPSA) is 67.9 Å². The van der Waals surface area contributed by atoms with Crippen molar-refractivity contribution in [1.29, 1.82) is 0 Å². The minimum Gasteiger partial charge on any atom is -0.419 e. The third-order valence-electron chi connectivity index (χ3n) is 5.17. The van der Waals surface area contributed by atoms with Gasteiger partial charge in [-0.15, -0.1) is 0 Å². The number of likely N-dealkylation sites (tertiary alicyclic amines) is 1. The average molecular weight is 358 g/mol. The standard InChI is InChI=1S/C20H26N2O4/c1-19(2)25-17(23)16(18(24)26-19)13-21-15-7-5-14(6-8-15)20(3)9-11-22(4)12-10-20/h5-8,13,21H,9-12H2,1-4H3. The second-order valence-electron chi connectivity index (χ2n) is 7.82. The van der Waals surface area contributed by atoms with E-state index in [9.17, 15) is 9.59 Å². The van der Waals surface area contributed by atoms with Crippen LogP contribution in [0.5, 0.6) is 0 Å². The average Bonchev–Trinajstić information content (AvgIpc) is 2.56. The first kappa shape index (κ1) is 18.5. The van der Waals surface area contributed by atoms with Gasteiger partial charge in [-0.1, -0.05) is 19.1 Å². The summed E-state index contributed by atoms with van der Waals surface area (Å²) in [6.07, 6.45) is 3.60. The van der Waals surface area contributed by atoms with E-state index in [-0.39, 0.29) is 11.0 Å². The van der Waals surface area contributed by atoms with E-state index < -0.39 is 17.7 Å². The van der Waals surface area contributed by atoms with Crippen LogP contribution in [0.2, 0.25) is 0 Å². The lowest BCUT2D eigenvalue weighted by molar-refractivity contribution is -0.222. The molecular weight excluding hydrogens is 332 g/mol. The summed E-state index contributed by atoms with van der Waals surface area (Å²) in [6, 6.07) is 8.12. The Labute approximate surface area is 154 Å². The van der Waals surface area contributed by atoms with E-state index in [1.54, 1.807) is 0 Å². The fourth-order valence-corrected chi connectivity index (χ4v) is 3.30. The number of rotatable bonds is 3. The van der Waals surface area contributed by atoms with Crippen molar-refractivity contribution < 1.29 is 19.1 Å². The maximum absolute atomic E-state index is 11.9. The number of ether oxygens (including phenoxy) is 2. The fraction of sp³-hybridized carbons (Fsp3) is 0.500. The molecule has 2 aliphatic rings. The number of anilines is 1.